The fraction of sp³-hybridized carbons (Fsp3) is 0.667. The summed E-state index contributed by atoms with van der Waals surface area (Å²) in [5.41, 5.74) is 0. The summed E-state index contributed by atoms with van der Waals surface area (Å²) in [6.45, 7) is 5.25. The monoisotopic (exact) mass is 305 g/mol. The van der Waals surface area contributed by atoms with E-state index in [4.69, 9.17) is 4.74 Å². The Kier molecular flexibility index (Phi) is 4.97. The van der Waals surface area contributed by atoms with Crippen LogP contribution in [0, 0.1) is 0 Å². The fourth-order valence-corrected chi connectivity index (χ4v) is 4.42. The molecule has 2 heterocycles. The number of quaternary nitrogens is 1. The molecule has 19 heavy (non-hydrogen) atoms. The van der Waals surface area contributed by atoms with E-state index in [1.54, 1.807) is 11.3 Å². The van der Waals surface area contributed by atoms with Gasteiger partial charge in [-0.1, -0.05) is 6.07 Å². The maximum Gasteiger partial charge on any atom is 0.209 e. The Bertz CT molecular complexity index is 481. The van der Waals surface area contributed by atoms with Gasteiger partial charge in [-0.25, -0.2) is 13.1 Å². The quantitative estimate of drug-likeness (QED) is 0.781. The third-order valence-corrected chi connectivity index (χ3v) is 5.08. The van der Waals surface area contributed by atoms with E-state index in [1.165, 1.54) is 16.0 Å². The van der Waals surface area contributed by atoms with E-state index in [0.29, 0.717) is 0 Å². The normalized spacial score (nSPS) is 21.2. The van der Waals surface area contributed by atoms with Gasteiger partial charge in [0.1, 0.15) is 19.1 Å². The molecule has 0 radical (unpaired) electrons. The summed E-state index contributed by atoms with van der Waals surface area (Å²) in [6, 6.07) is 4.12. The van der Waals surface area contributed by atoms with Crippen LogP contribution in [0.15, 0.2) is 17.5 Å². The third kappa shape index (κ3) is 4.25. The van der Waals surface area contributed by atoms with Crippen molar-refractivity contribution in [2.45, 2.75) is 19.0 Å². The van der Waals surface area contributed by atoms with E-state index < -0.39 is 10.0 Å². The number of rotatable bonds is 5. The number of morpholine rings is 1. The van der Waals surface area contributed by atoms with Gasteiger partial charge in [0.25, 0.3) is 0 Å². The van der Waals surface area contributed by atoms with Gasteiger partial charge in [0, 0.05) is 0 Å². The van der Waals surface area contributed by atoms with Gasteiger partial charge in [-0.05, 0) is 18.4 Å². The molecule has 1 aromatic heterocycles. The summed E-state index contributed by atoms with van der Waals surface area (Å²) in [6.07, 6.45) is 1.21. The van der Waals surface area contributed by atoms with Gasteiger partial charge in [-0.3, -0.25) is 0 Å². The summed E-state index contributed by atoms with van der Waals surface area (Å²) < 4.78 is 31.0. The molecule has 0 aliphatic carbocycles. The lowest BCUT2D eigenvalue weighted by molar-refractivity contribution is -0.939. The zero-order valence-electron chi connectivity index (χ0n) is 11.3. The van der Waals surface area contributed by atoms with Gasteiger partial charge in [-0.15, -0.1) is 11.3 Å². The molecule has 1 saturated heterocycles. The van der Waals surface area contributed by atoms with E-state index in [9.17, 15) is 8.42 Å². The molecule has 1 aliphatic heterocycles. The standard InChI is InChI=1S/C12H20N2O3S2/c1-10(13-19(2,15)16)12(11-4-3-9-18-11)14-5-7-17-8-6-14/h3-4,9-10,12-13H,5-8H2,1-2H3/p+1/t10-,12-/m1/s1. The van der Waals surface area contributed by atoms with Gasteiger partial charge >= 0.3 is 0 Å². The van der Waals surface area contributed by atoms with Crippen LogP contribution in [-0.2, 0) is 14.8 Å². The Hall–Kier alpha value is -0.470. The largest absolute Gasteiger partial charge is 0.370 e. The van der Waals surface area contributed by atoms with E-state index >= 15 is 0 Å². The first-order valence-electron chi connectivity index (χ1n) is 6.40. The van der Waals surface area contributed by atoms with E-state index in [0.717, 1.165) is 26.3 Å². The highest BCUT2D eigenvalue weighted by molar-refractivity contribution is 7.88. The molecule has 2 atom stereocenters. The molecule has 0 saturated carbocycles. The van der Waals surface area contributed by atoms with Crippen molar-refractivity contribution in [1.29, 1.82) is 0 Å². The highest BCUT2D eigenvalue weighted by Crippen LogP contribution is 2.20. The van der Waals surface area contributed by atoms with Crippen molar-refractivity contribution in [3.8, 4) is 0 Å². The van der Waals surface area contributed by atoms with Gasteiger partial charge in [0.2, 0.25) is 10.0 Å². The Morgan fingerprint density at radius 1 is 1.42 bits per heavy atom. The van der Waals surface area contributed by atoms with E-state index in [-0.39, 0.29) is 12.1 Å². The summed E-state index contributed by atoms with van der Waals surface area (Å²) in [5.74, 6) is 0. The Morgan fingerprint density at radius 2 is 2.11 bits per heavy atom. The fourth-order valence-electron chi connectivity index (χ4n) is 2.62. The molecule has 2 rings (SSSR count). The van der Waals surface area contributed by atoms with Gasteiger partial charge < -0.3 is 9.64 Å². The summed E-state index contributed by atoms with van der Waals surface area (Å²) in [7, 11) is -3.19. The first kappa shape index (κ1) is 14.9. The zero-order chi connectivity index (χ0) is 13.9. The summed E-state index contributed by atoms with van der Waals surface area (Å²) >= 11 is 1.68. The molecule has 0 spiro atoms. The summed E-state index contributed by atoms with van der Waals surface area (Å²) in [4.78, 5) is 2.61. The Balaban J connectivity index is 2.18. The van der Waals surface area contributed by atoms with Crippen LogP contribution >= 0.6 is 11.3 Å². The average molecular weight is 305 g/mol. The Labute approximate surface area is 118 Å². The molecule has 5 nitrogen and oxygen atoms in total. The van der Waals surface area contributed by atoms with Crippen LogP contribution in [-0.4, -0.2) is 47.0 Å². The minimum atomic E-state index is -3.19. The van der Waals surface area contributed by atoms with Crippen molar-refractivity contribution in [3.05, 3.63) is 22.4 Å². The second kappa shape index (κ2) is 6.32. The van der Waals surface area contributed by atoms with Crippen LogP contribution in [0.4, 0.5) is 0 Å². The average Bonchev–Trinajstić information content (AvgIpc) is 2.82. The van der Waals surface area contributed by atoms with Crippen LogP contribution in [0.5, 0.6) is 0 Å². The topological polar surface area (TPSA) is 59.8 Å². The highest BCUT2D eigenvalue weighted by Gasteiger charge is 2.33. The van der Waals surface area contributed by atoms with Crippen molar-refractivity contribution in [2.75, 3.05) is 32.6 Å². The van der Waals surface area contributed by atoms with Crippen LogP contribution in [0.25, 0.3) is 0 Å². The van der Waals surface area contributed by atoms with Crippen molar-refractivity contribution >= 4 is 21.4 Å². The molecule has 1 aliphatic rings. The molecular weight excluding hydrogens is 284 g/mol. The molecule has 0 unspecified atom stereocenters. The number of sulfonamides is 1. The molecule has 0 amide bonds. The van der Waals surface area contributed by atoms with Gasteiger partial charge in [-0.2, -0.15) is 0 Å². The number of nitrogens with one attached hydrogen (secondary N) is 2. The second-order valence-corrected chi connectivity index (χ2v) is 7.70. The highest BCUT2D eigenvalue weighted by atomic mass is 32.2. The SMILES string of the molecule is C[C@@H](NS(C)(=O)=O)[C@H](c1cccs1)[NH+]1CCOCC1. The lowest BCUT2D eigenvalue weighted by Crippen LogP contribution is -3.15. The maximum atomic E-state index is 11.5. The van der Waals surface area contributed by atoms with Crippen molar-refractivity contribution in [2.24, 2.45) is 0 Å². The molecule has 7 heteroatoms. The molecule has 1 aromatic rings. The second-order valence-electron chi connectivity index (χ2n) is 4.94. The van der Waals surface area contributed by atoms with E-state index in [2.05, 4.69) is 10.8 Å². The zero-order valence-corrected chi connectivity index (χ0v) is 12.9. The van der Waals surface area contributed by atoms with Crippen molar-refractivity contribution in [3.63, 3.8) is 0 Å². The molecule has 0 bridgehead atoms. The predicted molar refractivity (Wildman–Crippen MR) is 76.0 cm³/mol. The molecule has 2 N–H and O–H groups in total. The Morgan fingerprint density at radius 3 is 2.63 bits per heavy atom. The molecule has 108 valence electrons. The third-order valence-electron chi connectivity index (χ3n) is 3.32. The van der Waals surface area contributed by atoms with Crippen LogP contribution in [0.2, 0.25) is 0 Å². The lowest BCUT2D eigenvalue weighted by atomic mass is 10.1. The van der Waals surface area contributed by atoms with Gasteiger partial charge in [0.05, 0.1) is 30.4 Å². The maximum absolute atomic E-state index is 11.5. The number of ether oxygens (including phenoxy) is 1. The number of thiophene rings is 1. The predicted octanol–water partition coefficient (Wildman–Crippen LogP) is -0.358. The molecule has 1 fully saturated rings. The van der Waals surface area contributed by atoms with Crippen LogP contribution in [0.1, 0.15) is 17.8 Å². The van der Waals surface area contributed by atoms with Crippen molar-refractivity contribution in [1.82, 2.24) is 4.72 Å². The minimum Gasteiger partial charge on any atom is -0.370 e. The van der Waals surface area contributed by atoms with E-state index in [1.807, 2.05) is 18.4 Å². The minimum absolute atomic E-state index is 0.123. The molecular formula is C12H21N2O3S2+. The smallest absolute Gasteiger partial charge is 0.209 e. The van der Waals surface area contributed by atoms with Crippen LogP contribution in [0.3, 0.4) is 0 Å². The van der Waals surface area contributed by atoms with Crippen molar-refractivity contribution < 1.29 is 18.1 Å². The lowest BCUT2D eigenvalue weighted by Gasteiger charge is -2.34. The first-order valence-corrected chi connectivity index (χ1v) is 9.17. The number of hydrogen-bond acceptors (Lipinski definition) is 4. The summed E-state index contributed by atoms with van der Waals surface area (Å²) in [5, 5.41) is 2.04. The number of hydrogen-bond donors (Lipinski definition) is 2. The van der Waals surface area contributed by atoms with Crippen LogP contribution < -0.4 is 9.62 Å². The first-order chi connectivity index (χ1) is 8.97. The molecule has 0 aromatic carbocycles. The van der Waals surface area contributed by atoms with Gasteiger partial charge in [0.15, 0.2) is 0 Å².